The Bertz CT molecular complexity index is 1520. The van der Waals surface area contributed by atoms with E-state index in [4.69, 9.17) is 0 Å². The van der Waals surface area contributed by atoms with Gasteiger partial charge in [-0.2, -0.15) is 12.7 Å². The van der Waals surface area contributed by atoms with Crippen molar-refractivity contribution in [1.29, 1.82) is 0 Å². The summed E-state index contributed by atoms with van der Waals surface area (Å²) < 4.78 is 33.5. The second-order valence-corrected chi connectivity index (χ2v) is 10.1. The van der Waals surface area contributed by atoms with Crippen LogP contribution in [0, 0.1) is 0 Å². The van der Waals surface area contributed by atoms with Crippen LogP contribution < -0.4 is 5.69 Å². The van der Waals surface area contributed by atoms with Gasteiger partial charge in [-0.3, -0.25) is 18.3 Å². The van der Waals surface area contributed by atoms with Crippen LogP contribution in [-0.4, -0.2) is 52.1 Å². The number of fused-ring (bicyclic) bond motifs is 2. The number of aromatic nitrogens is 3. The summed E-state index contributed by atoms with van der Waals surface area (Å²) >= 11 is 0. The molecule has 0 amide bonds. The lowest BCUT2D eigenvalue weighted by molar-refractivity contribution is 0.241. The van der Waals surface area contributed by atoms with Crippen LogP contribution in [0.25, 0.3) is 21.8 Å². The Morgan fingerprint density at radius 2 is 1.74 bits per heavy atom. The molecule has 10 heteroatoms. The van der Waals surface area contributed by atoms with Crippen molar-refractivity contribution < 1.29 is 17.7 Å². The largest absolute Gasteiger partial charge is 0.392 e. The van der Waals surface area contributed by atoms with E-state index in [-0.39, 0.29) is 38.0 Å². The standard InChI is InChI=1S/C24H26N4O5S/c1-33-34(31,32)26-12-10-18(11-13-26)28-23-9-5-4-8-22(23)27(24(28)30)15-21-20(16-29)19-7-3-2-6-17(19)14-25-21/h2-9,14,18,29H,10-13,15-16H2,1H3. The molecule has 1 N–H and O–H groups in total. The van der Waals surface area contributed by atoms with Crippen LogP contribution in [0.15, 0.2) is 59.5 Å². The average molecular weight is 483 g/mol. The van der Waals surface area contributed by atoms with Crippen LogP contribution in [0.3, 0.4) is 0 Å². The number of rotatable bonds is 6. The lowest BCUT2D eigenvalue weighted by Crippen LogP contribution is -2.41. The highest BCUT2D eigenvalue weighted by atomic mass is 32.2. The van der Waals surface area contributed by atoms with Crippen molar-refractivity contribution in [2.24, 2.45) is 0 Å². The van der Waals surface area contributed by atoms with E-state index in [1.54, 1.807) is 15.3 Å². The highest BCUT2D eigenvalue weighted by Gasteiger charge is 2.31. The summed E-state index contributed by atoms with van der Waals surface area (Å²) in [6.07, 6.45) is 2.78. The van der Waals surface area contributed by atoms with Gasteiger partial charge in [0.2, 0.25) is 0 Å². The van der Waals surface area contributed by atoms with Crippen molar-refractivity contribution in [2.45, 2.75) is 32.0 Å². The van der Waals surface area contributed by atoms with Crippen LogP contribution in [0.1, 0.15) is 30.1 Å². The van der Waals surface area contributed by atoms with Gasteiger partial charge in [0, 0.05) is 36.3 Å². The highest BCUT2D eigenvalue weighted by molar-refractivity contribution is 7.84. The number of hydrogen-bond acceptors (Lipinski definition) is 6. The maximum Gasteiger partial charge on any atom is 0.338 e. The number of aliphatic hydroxyl groups excluding tert-OH is 1. The van der Waals surface area contributed by atoms with E-state index in [1.807, 2.05) is 48.5 Å². The van der Waals surface area contributed by atoms with E-state index in [9.17, 15) is 18.3 Å². The minimum Gasteiger partial charge on any atom is -0.392 e. The molecule has 1 aliphatic heterocycles. The summed E-state index contributed by atoms with van der Waals surface area (Å²) in [4.78, 5) is 18.2. The van der Waals surface area contributed by atoms with Crippen molar-refractivity contribution in [3.63, 3.8) is 0 Å². The van der Waals surface area contributed by atoms with E-state index in [2.05, 4.69) is 9.17 Å². The summed E-state index contributed by atoms with van der Waals surface area (Å²) in [5.41, 5.74) is 2.75. The molecule has 0 saturated carbocycles. The van der Waals surface area contributed by atoms with E-state index in [0.29, 0.717) is 24.1 Å². The fraction of sp³-hybridized carbons (Fsp3) is 0.333. The molecule has 5 rings (SSSR count). The molecule has 2 aromatic carbocycles. The summed E-state index contributed by atoms with van der Waals surface area (Å²) in [6, 6.07) is 15.2. The number of pyridine rings is 1. The molecule has 1 fully saturated rings. The molecule has 1 saturated heterocycles. The van der Waals surface area contributed by atoms with Crippen LogP contribution in [-0.2, 0) is 27.6 Å². The Labute approximate surface area is 197 Å². The number of para-hydroxylation sites is 2. The minimum atomic E-state index is -3.73. The van der Waals surface area contributed by atoms with E-state index in [1.165, 1.54) is 4.31 Å². The topological polar surface area (TPSA) is 107 Å². The fourth-order valence-corrected chi connectivity index (χ4v) is 5.76. The third kappa shape index (κ3) is 3.82. The first kappa shape index (κ1) is 22.7. The molecule has 0 radical (unpaired) electrons. The number of aliphatic hydroxyl groups is 1. The Morgan fingerprint density at radius 3 is 2.44 bits per heavy atom. The predicted octanol–water partition coefficient (Wildman–Crippen LogP) is 2.42. The smallest absolute Gasteiger partial charge is 0.338 e. The molecule has 3 heterocycles. The van der Waals surface area contributed by atoms with Gasteiger partial charge in [-0.15, -0.1) is 0 Å². The number of benzene rings is 2. The zero-order chi connectivity index (χ0) is 23.9. The molecule has 0 bridgehead atoms. The molecule has 4 aromatic rings. The molecule has 1 aliphatic rings. The molecule has 2 aromatic heterocycles. The van der Waals surface area contributed by atoms with Crippen LogP contribution in [0.2, 0.25) is 0 Å². The molecule has 9 nitrogen and oxygen atoms in total. The van der Waals surface area contributed by atoms with Crippen molar-refractivity contribution in [2.75, 3.05) is 20.2 Å². The monoisotopic (exact) mass is 482 g/mol. The number of imidazole rings is 1. The van der Waals surface area contributed by atoms with Crippen molar-refractivity contribution in [1.82, 2.24) is 18.4 Å². The number of hydrogen-bond donors (Lipinski definition) is 1. The van der Waals surface area contributed by atoms with Crippen LogP contribution in [0.4, 0.5) is 0 Å². The molecule has 0 unspecified atom stereocenters. The number of nitrogens with zero attached hydrogens (tertiary/aromatic N) is 4. The maximum absolute atomic E-state index is 13.7. The molecular formula is C24H26N4O5S. The molecule has 0 atom stereocenters. The second kappa shape index (κ2) is 8.95. The van der Waals surface area contributed by atoms with Crippen molar-refractivity contribution in [3.05, 3.63) is 76.5 Å². The van der Waals surface area contributed by atoms with E-state index in [0.717, 1.165) is 28.9 Å². The van der Waals surface area contributed by atoms with E-state index < -0.39 is 10.3 Å². The van der Waals surface area contributed by atoms with Gasteiger partial charge in [0.1, 0.15) is 0 Å². The zero-order valence-corrected chi connectivity index (χ0v) is 19.6. The van der Waals surface area contributed by atoms with Gasteiger partial charge in [-0.25, -0.2) is 4.79 Å². The van der Waals surface area contributed by atoms with E-state index >= 15 is 0 Å². The molecule has 178 valence electrons. The predicted molar refractivity (Wildman–Crippen MR) is 129 cm³/mol. The first-order chi connectivity index (χ1) is 16.4. The quantitative estimate of drug-likeness (QED) is 0.452. The zero-order valence-electron chi connectivity index (χ0n) is 18.8. The normalized spacial score (nSPS) is 15.9. The first-order valence-electron chi connectivity index (χ1n) is 11.2. The van der Waals surface area contributed by atoms with Gasteiger partial charge in [-0.1, -0.05) is 36.4 Å². The molecule has 34 heavy (non-hydrogen) atoms. The van der Waals surface area contributed by atoms with Crippen LogP contribution >= 0.6 is 0 Å². The maximum atomic E-state index is 13.7. The third-order valence-electron chi connectivity index (χ3n) is 6.64. The van der Waals surface area contributed by atoms with Gasteiger partial charge in [0.15, 0.2) is 0 Å². The first-order valence-corrected chi connectivity index (χ1v) is 12.5. The Hall–Kier alpha value is -3.05. The Kier molecular flexibility index (Phi) is 5.98. The molecular weight excluding hydrogens is 456 g/mol. The summed E-state index contributed by atoms with van der Waals surface area (Å²) in [5.74, 6) is 0. The van der Waals surface area contributed by atoms with Gasteiger partial charge in [-0.05, 0) is 30.4 Å². The third-order valence-corrected chi connectivity index (χ3v) is 8.06. The van der Waals surface area contributed by atoms with Gasteiger partial charge < -0.3 is 5.11 Å². The Balaban J connectivity index is 1.55. The van der Waals surface area contributed by atoms with Crippen LogP contribution in [0.5, 0.6) is 0 Å². The van der Waals surface area contributed by atoms with Crippen molar-refractivity contribution >= 4 is 32.1 Å². The SMILES string of the molecule is COS(=O)(=O)N1CCC(n2c(=O)n(Cc3ncc4ccccc4c3CO)c3ccccc32)CC1. The highest BCUT2D eigenvalue weighted by Crippen LogP contribution is 2.28. The summed E-state index contributed by atoms with van der Waals surface area (Å²) in [7, 11) is -2.58. The fourth-order valence-electron chi connectivity index (χ4n) is 4.90. The lowest BCUT2D eigenvalue weighted by atomic mass is 10.0. The Morgan fingerprint density at radius 1 is 1.06 bits per heavy atom. The number of piperidine rings is 1. The molecule has 0 aliphatic carbocycles. The average Bonchev–Trinajstić information content (AvgIpc) is 3.15. The van der Waals surface area contributed by atoms with Gasteiger partial charge in [0.05, 0.1) is 37.0 Å². The summed E-state index contributed by atoms with van der Waals surface area (Å²) in [6.45, 7) is 0.620. The van der Waals surface area contributed by atoms with Crippen molar-refractivity contribution in [3.8, 4) is 0 Å². The molecule has 0 spiro atoms. The van der Waals surface area contributed by atoms with Gasteiger partial charge in [0.25, 0.3) is 0 Å². The summed E-state index contributed by atoms with van der Waals surface area (Å²) in [5, 5.41) is 11.9. The minimum absolute atomic E-state index is 0.135. The second-order valence-electron chi connectivity index (χ2n) is 8.41. The lowest BCUT2D eigenvalue weighted by Gasteiger charge is -2.30. The van der Waals surface area contributed by atoms with Gasteiger partial charge >= 0.3 is 16.0 Å².